The summed E-state index contributed by atoms with van der Waals surface area (Å²) < 4.78 is 5.52. The van der Waals surface area contributed by atoms with E-state index in [9.17, 15) is 24.8 Å². The quantitative estimate of drug-likeness (QED) is 0.236. The van der Waals surface area contributed by atoms with Gasteiger partial charge in [-0.15, -0.1) is 0 Å². The number of phenols is 1. The normalized spacial score (nSPS) is 10.6. The number of hydrazone groups is 1. The van der Waals surface area contributed by atoms with E-state index in [2.05, 4.69) is 22.8 Å². The molecule has 0 aliphatic rings. The lowest BCUT2D eigenvalue weighted by atomic mass is 10.2. The lowest BCUT2D eigenvalue weighted by molar-refractivity contribution is -0.384. The fraction of sp³-hybridized carbons (Fsp3) is 0.250. The van der Waals surface area contributed by atoms with E-state index in [4.69, 9.17) is 4.74 Å². The van der Waals surface area contributed by atoms with E-state index in [0.717, 1.165) is 37.3 Å². The number of hydrogen-bond donors (Lipinski definition) is 3. The molecule has 30 heavy (non-hydrogen) atoms. The van der Waals surface area contributed by atoms with Gasteiger partial charge in [-0.2, -0.15) is 5.10 Å². The molecular formula is C20H22N4O6. The van der Waals surface area contributed by atoms with Crippen LogP contribution in [0, 0.1) is 10.1 Å². The average molecular weight is 414 g/mol. The SMILES string of the molecule is CCCCOc1ccc(C(=O)NCC(=O)N/N=C\c2cc([N+](=O)[O-])ccc2O)cc1. The van der Waals surface area contributed by atoms with Crippen LogP contribution in [0.1, 0.15) is 35.7 Å². The zero-order chi connectivity index (χ0) is 21.9. The lowest BCUT2D eigenvalue weighted by Crippen LogP contribution is -2.34. The first-order chi connectivity index (χ1) is 14.4. The summed E-state index contributed by atoms with van der Waals surface area (Å²) in [5.41, 5.74) is 2.37. The molecule has 3 N–H and O–H groups in total. The molecule has 10 heteroatoms. The minimum atomic E-state index is -0.616. The Morgan fingerprint density at radius 3 is 2.63 bits per heavy atom. The van der Waals surface area contributed by atoms with Gasteiger partial charge in [0, 0.05) is 23.3 Å². The molecule has 2 aromatic carbocycles. The van der Waals surface area contributed by atoms with Crippen molar-refractivity contribution in [3.8, 4) is 11.5 Å². The van der Waals surface area contributed by atoms with E-state index < -0.39 is 16.7 Å². The number of hydrogen-bond acceptors (Lipinski definition) is 7. The fourth-order valence-corrected chi connectivity index (χ4v) is 2.27. The topological polar surface area (TPSA) is 143 Å². The first-order valence-electron chi connectivity index (χ1n) is 9.21. The molecule has 0 aromatic heterocycles. The molecule has 10 nitrogen and oxygen atoms in total. The van der Waals surface area contributed by atoms with Crippen LogP contribution < -0.4 is 15.5 Å². The van der Waals surface area contributed by atoms with E-state index in [0.29, 0.717) is 17.9 Å². The number of nitro groups is 1. The van der Waals surface area contributed by atoms with Crippen LogP contribution in [-0.2, 0) is 4.79 Å². The molecule has 2 amide bonds. The third kappa shape index (κ3) is 6.89. The van der Waals surface area contributed by atoms with E-state index in [1.807, 2.05) is 0 Å². The molecule has 0 atom stereocenters. The maximum absolute atomic E-state index is 12.1. The molecule has 2 aromatic rings. The van der Waals surface area contributed by atoms with E-state index in [1.165, 1.54) is 0 Å². The Kier molecular flexibility index (Phi) is 8.30. The summed E-state index contributed by atoms with van der Waals surface area (Å²) in [6.45, 7) is 2.35. The lowest BCUT2D eigenvalue weighted by Gasteiger charge is -2.07. The van der Waals surface area contributed by atoms with Gasteiger partial charge in [0.25, 0.3) is 17.5 Å². The van der Waals surface area contributed by atoms with Crippen molar-refractivity contribution >= 4 is 23.7 Å². The minimum Gasteiger partial charge on any atom is -0.507 e. The van der Waals surface area contributed by atoms with Gasteiger partial charge in [0.15, 0.2) is 0 Å². The third-order valence-corrected chi connectivity index (χ3v) is 3.91. The van der Waals surface area contributed by atoms with E-state index in [1.54, 1.807) is 24.3 Å². The highest BCUT2D eigenvalue weighted by atomic mass is 16.6. The second kappa shape index (κ2) is 11.1. The van der Waals surface area contributed by atoms with Crippen molar-refractivity contribution in [3.05, 3.63) is 63.7 Å². The molecule has 0 saturated heterocycles. The van der Waals surface area contributed by atoms with Crippen LogP contribution in [0.4, 0.5) is 5.69 Å². The third-order valence-electron chi connectivity index (χ3n) is 3.91. The van der Waals surface area contributed by atoms with Crippen molar-refractivity contribution in [3.63, 3.8) is 0 Å². The number of nitrogens with zero attached hydrogens (tertiary/aromatic N) is 2. The number of nitrogens with one attached hydrogen (secondary N) is 2. The zero-order valence-electron chi connectivity index (χ0n) is 16.3. The van der Waals surface area contributed by atoms with Gasteiger partial charge in [0.1, 0.15) is 11.5 Å². The Labute approximate surface area is 172 Å². The molecule has 0 bridgehead atoms. The van der Waals surface area contributed by atoms with Crippen LogP contribution in [0.25, 0.3) is 0 Å². The highest BCUT2D eigenvalue weighted by Gasteiger charge is 2.10. The molecule has 0 aliphatic heterocycles. The number of benzene rings is 2. The molecule has 0 aliphatic carbocycles. The van der Waals surface area contributed by atoms with Crippen molar-refractivity contribution in [2.45, 2.75) is 19.8 Å². The average Bonchev–Trinajstić information content (AvgIpc) is 2.74. The number of nitro benzene ring substituents is 1. The maximum Gasteiger partial charge on any atom is 0.270 e. The molecule has 2 rings (SSSR count). The Bertz CT molecular complexity index is 927. The van der Waals surface area contributed by atoms with Crippen molar-refractivity contribution in [2.24, 2.45) is 5.10 Å². The predicted octanol–water partition coefficient (Wildman–Crippen LogP) is 2.36. The molecule has 0 heterocycles. The standard InChI is InChI=1S/C20H22N4O6/c1-2-3-10-30-17-7-4-14(5-8-17)20(27)21-13-19(26)23-22-12-15-11-16(24(28)29)6-9-18(15)25/h4-9,11-12,25H,2-3,10,13H2,1H3,(H,21,27)(H,23,26)/b22-12-. The molecule has 0 spiro atoms. The van der Waals surface area contributed by atoms with Crippen LogP contribution in [0.3, 0.4) is 0 Å². The molecule has 0 saturated carbocycles. The number of rotatable bonds is 10. The summed E-state index contributed by atoms with van der Waals surface area (Å²) in [6.07, 6.45) is 3.04. The number of carbonyl (C=O) groups is 2. The zero-order valence-corrected chi connectivity index (χ0v) is 16.3. The van der Waals surface area contributed by atoms with Gasteiger partial charge in [-0.1, -0.05) is 13.3 Å². The Morgan fingerprint density at radius 2 is 1.97 bits per heavy atom. The van der Waals surface area contributed by atoms with E-state index >= 15 is 0 Å². The summed E-state index contributed by atoms with van der Waals surface area (Å²) in [5.74, 6) is -0.611. The summed E-state index contributed by atoms with van der Waals surface area (Å²) >= 11 is 0. The second-order valence-corrected chi connectivity index (χ2v) is 6.20. The summed E-state index contributed by atoms with van der Waals surface area (Å²) in [5, 5.41) is 26.5. The number of phenolic OH excluding ortho intramolecular Hbond substituents is 1. The molecule has 158 valence electrons. The van der Waals surface area contributed by atoms with Crippen molar-refractivity contribution in [1.29, 1.82) is 0 Å². The van der Waals surface area contributed by atoms with Gasteiger partial charge in [-0.05, 0) is 36.8 Å². The summed E-state index contributed by atoms with van der Waals surface area (Å²) in [4.78, 5) is 34.0. The largest absolute Gasteiger partial charge is 0.507 e. The number of amides is 2. The monoisotopic (exact) mass is 414 g/mol. The van der Waals surface area contributed by atoms with Crippen molar-refractivity contribution in [1.82, 2.24) is 10.7 Å². The van der Waals surface area contributed by atoms with Gasteiger partial charge in [0.2, 0.25) is 0 Å². The number of carbonyl (C=O) groups excluding carboxylic acids is 2. The van der Waals surface area contributed by atoms with Crippen molar-refractivity contribution < 1.29 is 24.4 Å². The van der Waals surface area contributed by atoms with Gasteiger partial charge in [-0.25, -0.2) is 5.43 Å². The number of non-ortho nitro benzene ring substituents is 1. The maximum atomic E-state index is 12.1. The predicted molar refractivity (Wildman–Crippen MR) is 110 cm³/mol. The first-order valence-corrected chi connectivity index (χ1v) is 9.21. The Balaban J connectivity index is 1.81. The number of ether oxygens (including phenoxy) is 1. The van der Waals surface area contributed by atoms with Crippen LogP contribution in [-0.4, -0.2) is 41.2 Å². The molecule has 0 unspecified atom stereocenters. The number of unbranched alkanes of at least 4 members (excludes halogenated alkanes) is 1. The van der Waals surface area contributed by atoms with Crippen LogP contribution in [0.15, 0.2) is 47.6 Å². The van der Waals surface area contributed by atoms with Gasteiger partial charge < -0.3 is 15.2 Å². The Morgan fingerprint density at radius 1 is 1.23 bits per heavy atom. The summed E-state index contributed by atoms with van der Waals surface area (Å²) in [6, 6.07) is 9.96. The van der Waals surface area contributed by atoms with Crippen LogP contribution >= 0.6 is 0 Å². The highest BCUT2D eigenvalue weighted by Crippen LogP contribution is 2.21. The van der Waals surface area contributed by atoms with Crippen LogP contribution in [0.5, 0.6) is 11.5 Å². The highest BCUT2D eigenvalue weighted by molar-refractivity contribution is 5.96. The number of aromatic hydroxyl groups is 1. The second-order valence-electron chi connectivity index (χ2n) is 6.20. The minimum absolute atomic E-state index is 0.0646. The molecule has 0 fully saturated rings. The fourth-order valence-electron chi connectivity index (χ4n) is 2.27. The van der Waals surface area contributed by atoms with Gasteiger partial charge in [-0.3, -0.25) is 19.7 Å². The van der Waals surface area contributed by atoms with Gasteiger partial charge >= 0.3 is 0 Å². The summed E-state index contributed by atoms with van der Waals surface area (Å²) in [7, 11) is 0. The van der Waals surface area contributed by atoms with Crippen LogP contribution in [0.2, 0.25) is 0 Å². The smallest absolute Gasteiger partial charge is 0.270 e. The van der Waals surface area contributed by atoms with Gasteiger partial charge in [0.05, 0.1) is 24.3 Å². The first kappa shape index (κ1) is 22.3. The van der Waals surface area contributed by atoms with Crippen molar-refractivity contribution in [2.75, 3.05) is 13.2 Å². The molecule has 0 radical (unpaired) electrons. The Hall–Kier alpha value is -3.95. The van der Waals surface area contributed by atoms with E-state index in [-0.39, 0.29) is 23.5 Å². The molecular weight excluding hydrogens is 392 g/mol.